The minimum Gasteiger partial charge on any atom is -0.352 e. The van der Waals surface area contributed by atoms with Gasteiger partial charge in [-0.15, -0.1) is 0 Å². The average Bonchev–Trinajstić information content (AvgIpc) is 3.39. The van der Waals surface area contributed by atoms with Gasteiger partial charge in [-0.3, -0.25) is 19.3 Å². The molecule has 0 aromatic heterocycles. The van der Waals surface area contributed by atoms with E-state index in [2.05, 4.69) is 15.5 Å². The van der Waals surface area contributed by atoms with Crippen LogP contribution in [0.5, 0.6) is 0 Å². The number of nitrogens with zero attached hydrogens (tertiary/aromatic N) is 2. The predicted molar refractivity (Wildman–Crippen MR) is 94.3 cm³/mol. The second kappa shape index (κ2) is 7.65. The number of hydrogen-bond donors (Lipinski definition) is 2. The van der Waals surface area contributed by atoms with Crippen LogP contribution in [-0.2, 0) is 9.59 Å². The van der Waals surface area contributed by atoms with Gasteiger partial charge in [-0.25, -0.2) is 0 Å². The maximum absolute atomic E-state index is 12.6. The second-order valence-electron chi connectivity index (χ2n) is 6.67. The number of piperazine rings is 1. The van der Waals surface area contributed by atoms with Crippen LogP contribution < -0.4 is 10.6 Å². The first kappa shape index (κ1) is 17.4. The summed E-state index contributed by atoms with van der Waals surface area (Å²) in [6.07, 6.45) is 2.18. The topological polar surface area (TPSA) is 81.8 Å². The number of nitrogens with one attached hydrogen (secondary N) is 2. The molecule has 2 aliphatic rings. The summed E-state index contributed by atoms with van der Waals surface area (Å²) in [5.41, 5.74) is 1.28. The number of amides is 3. The van der Waals surface area contributed by atoms with E-state index in [0.717, 1.165) is 12.8 Å². The minimum absolute atomic E-state index is 0.0172. The number of carbonyl (C=O) groups is 3. The summed E-state index contributed by atoms with van der Waals surface area (Å²) in [6, 6.07) is 7.29. The molecule has 2 N–H and O–H groups in total. The van der Waals surface area contributed by atoms with Crippen molar-refractivity contribution >= 4 is 23.4 Å². The third kappa shape index (κ3) is 5.03. The Labute approximate surface area is 147 Å². The van der Waals surface area contributed by atoms with Crippen LogP contribution in [0.15, 0.2) is 24.3 Å². The Balaban J connectivity index is 1.47. The van der Waals surface area contributed by atoms with E-state index >= 15 is 0 Å². The summed E-state index contributed by atoms with van der Waals surface area (Å²) in [5.74, 6) is -0.0757. The smallest absolute Gasteiger partial charge is 0.253 e. The third-order valence-corrected chi connectivity index (χ3v) is 4.42. The molecule has 0 unspecified atom stereocenters. The number of anilines is 1. The molecule has 1 aliphatic carbocycles. The molecule has 25 heavy (non-hydrogen) atoms. The predicted octanol–water partition coefficient (Wildman–Crippen LogP) is 0.681. The molecular formula is C18H24N4O3. The Morgan fingerprint density at radius 3 is 2.24 bits per heavy atom. The van der Waals surface area contributed by atoms with E-state index in [1.165, 1.54) is 6.92 Å². The fourth-order valence-corrected chi connectivity index (χ4v) is 2.90. The Kier molecular flexibility index (Phi) is 5.33. The first-order valence-electron chi connectivity index (χ1n) is 8.70. The summed E-state index contributed by atoms with van der Waals surface area (Å²) in [5, 5.41) is 5.67. The molecule has 0 bridgehead atoms. The van der Waals surface area contributed by atoms with Crippen LogP contribution in [-0.4, -0.2) is 66.3 Å². The highest BCUT2D eigenvalue weighted by molar-refractivity contribution is 5.95. The zero-order valence-electron chi connectivity index (χ0n) is 14.5. The van der Waals surface area contributed by atoms with E-state index in [4.69, 9.17) is 0 Å². The van der Waals surface area contributed by atoms with E-state index in [-0.39, 0.29) is 17.7 Å². The van der Waals surface area contributed by atoms with Gasteiger partial charge in [0.15, 0.2) is 0 Å². The van der Waals surface area contributed by atoms with Crippen molar-refractivity contribution in [3.8, 4) is 0 Å². The van der Waals surface area contributed by atoms with E-state index in [1.807, 2.05) is 4.90 Å². The van der Waals surface area contributed by atoms with Crippen LogP contribution >= 0.6 is 0 Å². The van der Waals surface area contributed by atoms with Crippen LogP contribution in [0.1, 0.15) is 30.1 Å². The Bertz CT molecular complexity index is 647. The quantitative estimate of drug-likeness (QED) is 0.823. The Morgan fingerprint density at radius 1 is 1.04 bits per heavy atom. The minimum atomic E-state index is -0.138. The van der Waals surface area contributed by atoms with Crippen molar-refractivity contribution < 1.29 is 14.4 Å². The SMILES string of the molecule is CC(=O)Nc1ccc(C(=O)N2CCN(CC(=O)NC3CC3)CC2)cc1. The van der Waals surface area contributed by atoms with Crippen molar-refractivity contribution in [2.45, 2.75) is 25.8 Å². The maximum Gasteiger partial charge on any atom is 0.253 e. The number of carbonyl (C=O) groups excluding carboxylic acids is 3. The Morgan fingerprint density at radius 2 is 1.68 bits per heavy atom. The van der Waals surface area contributed by atoms with Crippen molar-refractivity contribution in [3.63, 3.8) is 0 Å². The zero-order chi connectivity index (χ0) is 17.8. The van der Waals surface area contributed by atoms with Crippen LogP contribution in [0, 0.1) is 0 Å². The lowest BCUT2D eigenvalue weighted by Gasteiger charge is -2.34. The van der Waals surface area contributed by atoms with Gasteiger partial charge in [-0.2, -0.15) is 0 Å². The molecule has 1 saturated heterocycles. The molecule has 0 atom stereocenters. The molecule has 1 aliphatic heterocycles. The summed E-state index contributed by atoms with van der Waals surface area (Å²) in [4.78, 5) is 39.3. The summed E-state index contributed by atoms with van der Waals surface area (Å²) >= 11 is 0. The average molecular weight is 344 g/mol. The van der Waals surface area contributed by atoms with E-state index in [0.29, 0.717) is 50.0 Å². The molecule has 0 spiro atoms. The van der Waals surface area contributed by atoms with Gasteiger partial charge in [0.1, 0.15) is 0 Å². The van der Waals surface area contributed by atoms with Gasteiger partial charge < -0.3 is 15.5 Å². The van der Waals surface area contributed by atoms with E-state index in [9.17, 15) is 14.4 Å². The lowest BCUT2D eigenvalue weighted by molar-refractivity contribution is -0.122. The standard InChI is InChI=1S/C18H24N4O3/c1-13(23)19-15-4-2-14(3-5-15)18(25)22-10-8-21(9-11-22)12-17(24)20-16-6-7-16/h2-5,16H,6-12H2,1H3,(H,19,23)(H,20,24). The maximum atomic E-state index is 12.6. The molecule has 1 aromatic carbocycles. The molecule has 7 nitrogen and oxygen atoms in total. The number of rotatable bonds is 5. The fraction of sp³-hybridized carbons (Fsp3) is 0.500. The van der Waals surface area contributed by atoms with Gasteiger partial charge in [0.2, 0.25) is 11.8 Å². The van der Waals surface area contributed by atoms with Crippen LogP contribution in [0.2, 0.25) is 0 Å². The second-order valence-corrected chi connectivity index (χ2v) is 6.67. The largest absolute Gasteiger partial charge is 0.352 e. The van der Waals surface area contributed by atoms with E-state index < -0.39 is 0 Å². The molecule has 2 fully saturated rings. The van der Waals surface area contributed by atoms with Crippen molar-refractivity contribution in [2.75, 3.05) is 38.0 Å². The molecule has 1 heterocycles. The molecular weight excluding hydrogens is 320 g/mol. The molecule has 3 rings (SSSR count). The zero-order valence-corrected chi connectivity index (χ0v) is 14.5. The highest BCUT2D eigenvalue weighted by Crippen LogP contribution is 2.18. The van der Waals surface area contributed by atoms with Gasteiger partial charge in [0, 0.05) is 50.4 Å². The van der Waals surface area contributed by atoms with Gasteiger partial charge in [0.05, 0.1) is 6.54 Å². The molecule has 1 saturated carbocycles. The lowest BCUT2D eigenvalue weighted by atomic mass is 10.1. The normalized spacial score (nSPS) is 17.9. The van der Waals surface area contributed by atoms with Crippen LogP contribution in [0.3, 0.4) is 0 Å². The molecule has 134 valence electrons. The first-order valence-corrected chi connectivity index (χ1v) is 8.70. The highest BCUT2D eigenvalue weighted by atomic mass is 16.2. The van der Waals surface area contributed by atoms with Crippen LogP contribution in [0.25, 0.3) is 0 Å². The molecule has 7 heteroatoms. The fourth-order valence-electron chi connectivity index (χ4n) is 2.90. The van der Waals surface area contributed by atoms with Gasteiger partial charge in [0.25, 0.3) is 5.91 Å². The number of benzene rings is 1. The van der Waals surface area contributed by atoms with Crippen molar-refractivity contribution in [2.24, 2.45) is 0 Å². The van der Waals surface area contributed by atoms with Crippen LogP contribution in [0.4, 0.5) is 5.69 Å². The van der Waals surface area contributed by atoms with Gasteiger partial charge in [-0.05, 0) is 37.1 Å². The van der Waals surface area contributed by atoms with E-state index in [1.54, 1.807) is 24.3 Å². The first-order chi connectivity index (χ1) is 12.0. The highest BCUT2D eigenvalue weighted by Gasteiger charge is 2.26. The monoisotopic (exact) mass is 344 g/mol. The lowest BCUT2D eigenvalue weighted by Crippen LogP contribution is -2.51. The summed E-state index contributed by atoms with van der Waals surface area (Å²) < 4.78 is 0. The Hall–Kier alpha value is -2.41. The molecule has 1 aromatic rings. The molecule has 0 radical (unpaired) electrons. The number of hydrogen-bond acceptors (Lipinski definition) is 4. The van der Waals surface area contributed by atoms with Gasteiger partial charge >= 0.3 is 0 Å². The van der Waals surface area contributed by atoms with Crippen molar-refractivity contribution in [1.29, 1.82) is 0 Å². The summed E-state index contributed by atoms with van der Waals surface area (Å²) in [7, 11) is 0. The molecule has 3 amide bonds. The van der Waals surface area contributed by atoms with Gasteiger partial charge in [-0.1, -0.05) is 0 Å². The van der Waals surface area contributed by atoms with Crippen molar-refractivity contribution in [1.82, 2.24) is 15.1 Å². The summed E-state index contributed by atoms with van der Waals surface area (Å²) in [6.45, 7) is 4.49. The third-order valence-electron chi connectivity index (χ3n) is 4.42. The van der Waals surface area contributed by atoms with Crippen molar-refractivity contribution in [3.05, 3.63) is 29.8 Å².